The van der Waals surface area contributed by atoms with Gasteiger partial charge in [0.25, 0.3) is 5.56 Å². The van der Waals surface area contributed by atoms with Crippen LogP contribution >= 0.6 is 11.8 Å². The molecule has 0 aliphatic heterocycles. The first-order chi connectivity index (χ1) is 14.0. The largest absolute Gasteiger partial charge is 0.508 e. The quantitative estimate of drug-likeness (QED) is 0.233. The average molecular weight is 406 g/mol. The van der Waals surface area contributed by atoms with Crippen molar-refractivity contribution in [3.63, 3.8) is 0 Å². The van der Waals surface area contributed by atoms with E-state index in [0.29, 0.717) is 39.5 Å². The number of thioether (sulfide) groups is 1. The molecule has 2 aromatic heterocycles. The second-order valence-corrected chi connectivity index (χ2v) is 7.52. The molecule has 0 radical (unpaired) electrons. The Hall–Kier alpha value is -3.32. The van der Waals surface area contributed by atoms with Gasteiger partial charge in [0.2, 0.25) is 0 Å². The van der Waals surface area contributed by atoms with Crippen molar-refractivity contribution in [2.45, 2.75) is 24.4 Å². The molecule has 0 saturated heterocycles. The van der Waals surface area contributed by atoms with Gasteiger partial charge < -0.3 is 9.52 Å². The number of aryl methyl sites for hydroxylation is 1. The van der Waals surface area contributed by atoms with E-state index in [1.54, 1.807) is 41.8 Å². The lowest BCUT2D eigenvalue weighted by atomic mass is 10.1. The van der Waals surface area contributed by atoms with Crippen molar-refractivity contribution in [1.82, 2.24) is 9.55 Å². The van der Waals surface area contributed by atoms with Gasteiger partial charge in [-0.05, 0) is 36.8 Å². The van der Waals surface area contributed by atoms with Gasteiger partial charge in [-0.15, -0.1) is 6.58 Å². The summed E-state index contributed by atoms with van der Waals surface area (Å²) in [6, 6.07) is 11.9. The zero-order valence-electron chi connectivity index (χ0n) is 15.7. The van der Waals surface area contributed by atoms with Crippen LogP contribution in [-0.2, 0) is 12.3 Å². The first-order valence-corrected chi connectivity index (χ1v) is 9.96. The molecule has 2 aromatic carbocycles. The topological polar surface area (TPSA) is 85.3 Å². The monoisotopic (exact) mass is 406 g/mol. The van der Waals surface area contributed by atoms with Crippen LogP contribution in [0.15, 0.2) is 74.3 Å². The summed E-state index contributed by atoms with van der Waals surface area (Å²) in [5, 5.41) is 11.7. The highest BCUT2D eigenvalue weighted by Crippen LogP contribution is 2.30. The summed E-state index contributed by atoms with van der Waals surface area (Å²) in [6.45, 7) is 5.77. The van der Waals surface area contributed by atoms with Crippen molar-refractivity contribution in [3.05, 3.63) is 87.0 Å². The maximum Gasteiger partial charge on any atom is 0.336 e. The zero-order chi connectivity index (χ0) is 20.5. The molecule has 0 aliphatic rings. The van der Waals surface area contributed by atoms with Gasteiger partial charge in [-0.3, -0.25) is 9.36 Å². The number of hydrogen-bond acceptors (Lipinski definition) is 6. The number of rotatable bonds is 5. The molecule has 0 spiro atoms. The molecule has 0 saturated carbocycles. The van der Waals surface area contributed by atoms with Gasteiger partial charge in [-0.2, -0.15) is 0 Å². The predicted octanol–water partition coefficient (Wildman–Crippen LogP) is 4.00. The lowest BCUT2D eigenvalue weighted by molar-refractivity contribution is 0.468. The minimum Gasteiger partial charge on any atom is -0.508 e. The van der Waals surface area contributed by atoms with Gasteiger partial charge in [0.15, 0.2) is 5.16 Å². The Bertz CT molecular complexity index is 1370. The molecule has 7 heteroatoms. The number of nitrogens with zero attached hydrogens (tertiary/aromatic N) is 2. The van der Waals surface area contributed by atoms with Gasteiger partial charge in [-0.25, -0.2) is 9.78 Å². The maximum atomic E-state index is 12.9. The van der Waals surface area contributed by atoms with Gasteiger partial charge in [-0.1, -0.05) is 30.0 Å². The molecular formula is C22H18N2O4S. The van der Waals surface area contributed by atoms with E-state index in [2.05, 4.69) is 11.6 Å². The van der Waals surface area contributed by atoms with Crippen LogP contribution in [-0.4, -0.2) is 14.7 Å². The summed E-state index contributed by atoms with van der Waals surface area (Å²) in [6.07, 6.45) is 1.65. The fraction of sp³-hybridized carbons (Fsp3) is 0.136. The second-order valence-electron chi connectivity index (χ2n) is 6.58. The van der Waals surface area contributed by atoms with Crippen molar-refractivity contribution >= 4 is 33.6 Å². The predicted molar refractivity (Wildman–Crippen MR) is 115 cm³/mol. The molecule has 0 atom stereocenters. The molecular weight excluding hydrogens is 388 g/mol. The number of phenols is 1. The van der Waals surface area contributed by atoms with Crippen molar-refractivity contribution < 1.29 is 9.52 Å². The third-order valence-corrected chi connectivity index (χ3v) is 5.74. The smallest absolute Gasteiger partial charge is 0.336 e. The van der Waals surface area contributed by atoms with E-state index >= 15 is 0 Å². The lowest BCUT2D eigenvalue weighted by Gasteiger charge is -2.12. The first-order valence-electron chi connectivity index (χ1n) is 8.98. The van der Waals surface area contributed by atoms with Crippen LogP contribution in [0.4, 0.5) is 0 Å². The molecule has 0 aliphatic carbocycles. The van der Waals surface area contributed by atoms with E-state index in [0.717, 1.165) is 10.9 Å². The standard InChI is InChI=1S/C22H18N2O4S/c1-3-10-24-21(27)16-6-4-5-7-17(16)23-22(24)29-12-14-11-19(26)28-20-13(2)18(25)9-8-15(14)20/h3-9,11,25H,1,10,12H2,2H3. The van der Waals surface area contributed by atoms with Crippen LogP contribution in [0.2, 0.25) is 0 Å². The summed E-state index contributed by atoms with van der Waals surface area (Å²) >= 11 is 1.36. The minimum atomic E-state index is -0.489. The third-order valence-electron chi connectivity index (χ3n) is 4.71. The highest BCUT2D eigenvalue weighted by Gasteiger charge is 2.14. The number of fused-ring (bicyclic) bond motifs is 2. The van der Waals surface area contributed by atoms with E-state index in [1.165, 1.54) is 17.8 Å². The van der Waals surface area contributed by atoms with Crippen LogP contribution in [0.1, 0.15) is 11.1 Å². The number of phenolic OH excluding ortho intramolecular Hbond substituents is 1. The first kappa shape index (κ1) is 19.0. The summed E-state index contributed by atoms with van der Waals surface area (Å²) in [5.74, 6) is 0.482. The van der Waals surface area contributed by atoms with Gasteiger partial charge >= 0.3 is 5.63 Å². The average Bonchev–Trinajstić information content (AvgIpc) is 2.71. The van der Waals surface area contributed by atoms with Gasteiger partial charge in [0.1, 0.15) is 11.3 Å². The van der Waals surface area contributed by atoms with Crippen LogP contribution in [0.3, 0.4) is 0 Å². The molecule has 29 heavy (non-hydrogen) atoms. The molecule has 4 aromatic rings. The Morgan fingerprint density at radius 1 is 1.21 bits per heavy atom. The summed E-state index contributed by atoms with van der Waals surface area (Å²) in [7, 11) is 0. The summed E-state index contributed by atoms with van der Waals surface area (Å²) in [5.41, 5.74) is 1.63. The zero-order valence-corrected chi connectivity index (χ0v) is 16.5. The maximum absolute atomic E-state index is 12.9. The second kappa shape index (κ2) is 7.60. The Morgan fingerprint density at radius 2 is 2.00 bits per heavy atom. The van der Waals surface area contributed by atoms with E-state index in [1.807, 2.05) is 12.1 Å². The molecule has 4 rings (SSSR count). The molecule has 1 N–H and O–H groups in total. The van der Waals surface area contributed by atoms with Gasteiger partial charge in [0.05, 0.1) is 10.9 Å². The van der Waals surface area contributed by atoms with Crippen molar-refractivity contribution in [2.24, 2.45) is 0 Å². The highest BCUT2D eigenvalue weighted by atomic mass is 32.2. The molecule has 0 bridgehead atoms. The highest BCUT2D eigenvalue weighted by molar-refractivity contribution is 7.98. The molecule has 2 heterocycles. The Balaban J connectivity index is 1.80. The van der Waals surface area contributed by atoms with Crippen LogP contribution in [0.25, 0.3) is 21.9 Å². The van der Waals surface area contributed by atoms with Crippen LogP contribution < -0.4 is 11.2 Å². The molecule has 0 fully saturated rings. The molecule has 146 valence electrons. The molecule has 0 unspecified atom stereocenters. The molecule has 0 amide bonds. The van der Waals surface area contributed by atoms with Crippen LogP contribution in [0.5, 0.6) is 5.75 Å². The van der Waals surface area contributed by atoms with Crippen molar-refractivity contribution in [3.8, 4) is 5.75 Å². The van der Waals surface area contributed by atoms with E-state index in [9.17, 15) is 14.7 Å². The van der Waals surface area contributed by atoms with Crippen LogP contribution in [0, 0.1) is 6.92 Å². The fourth-order valence-corrected chi connectivity index (χ4v) is 4.23. The SMILES string of the molecule is C=CCn1c(SCc2cc(=O)oc3c(C)c(O)ccc23)nc2ccccc2c1=O. The Labute approximate surface area is 170 Å². The number of allylic oxidation sites excluding steroid dienone is 1. The Kier molecular flexibility index (Phi) is 4.98. The Morgan fingerprint density at radius 3 is 2.79 bits per heavy atom. The number of aromatic hydroxyl groups is 1. The van der Waals surface area contributed by atoms with E-state index in [4.69, 9.17) is 4.42 Å². The van der Waals surface area contributed by atoms with E-state index < -0.39 is 5.63 Å². The summed E-state index contributed by atoms with van der Waals surface area (Å²) in [4.78, 5) is 29.5. The van der Waals surface area contributed by atoms with Crippen molar-refractivity contribution in [2.75, 3.05) is 0 Å². The minimum absolute atomic E-state index is 0.0708. The van der Waals surface area contributed by atoms with E-state index in [-0.39, 0.29) is 11.3 Å². The number of hydrogen-bond donors (Lipinski definition) is 1. The lowest BCUT2D eigenvalue weighted by Crippen LogP contribution is -2.22. The number of benzene rings is 2. The molecule has 6 nitrogen and oxygen atoms in total. The van der Waals surface area contributed by atoms with Gasteiger partial charge in [0, 0.05) is 29.3 Å². The van der Waals surface area contributed by atoms with Crippen molar-refractivity contribution in [1.29, 1.82) is 0 Å². The normalized spacial score (nSPS) is 11.2. The third kappa shape index (κ3) is 3.45. The fourth-order valence-electron chi connectivity index (χ4n) is 3.23. The summed E-state index contributed by atoms with van der Waals surface area (Å²) < 4.78 is 6.87. The number of para-hydroxylation sites is 1. The number of aromatic nitrogens is 2.